The fraction of sp³-hybridized carbons (Fsp3) is 0.409. The molecule has 4 rings (SSSR count). The zero-order valence-electron chi connectivity index (χ0n) is 17.9. The first-order chi connectivity index (χ1) is 15.2. The molecule has 2 aromatic carbocycles. The molecule has 0 aliphatic carbocycles. The van der Waals surface area contributed by atoms with Gasteiger partial charge in [0.25, 0.3) is 0 Å². The Morgan fingerprint density at radius 1 is 1.06 bits per heavy atom. The van der Waals surface area contributed by atoms with E-state index >= 15 is 0 Å². The molecule has 1 N–H and O–H groups in total. The largest absolute Gasteiger partial charge is 0.497 e. The average molecular weight is 428 g/mol. The van der Waals surface area contributed by atoms with Gasteiger partial charge in [-0.25, -0.2) is 9.07 Å². The van der Waals surface area contributed by atoms with Gasteiger partial charge in [0.2, 0.25) is 5.82 Å². The van der Waals surface area contributed by atoms with Gasteiger partial charge in [-0.1, -0.05) is 12.1 Å². The van der Waals surface area contributed by atoms with Gasteiger partial charge in [0.05, 0.1) is 52.0 Å². The number of hydrogen-bond acceptors (Lipinski definition) is 6. The van der Waals surface area contributed by atoms with Crippen molar-refractivity contribution < 1.29 is 18.8 Å². The molecule has 1 saturated heterocycles. The molecule has 1 fully saturated rings. The summed E-state index contributed by atoms with van der Waals surface area (Å²) in [5, 5.41) is 12.3. The van der Waals surface area contributed by atoms with E-state index in [-0.39, 0.29) is 11.9 Å². The molecule has 1 aromatic heterocycles. The first kappa shape index (κ1) is 21.2. The Morgan fingerprint density at radius 3 is 2.48 bits per heavy atom. The Balaban J connectivity index is 1.57. The first-order valence-electron chi connectivity index (χ1n) is 10.4. The van der Waals surface area contributed by atoms with Gasteiger partial charge in [-0.2, -0.15) is 0 Å². The molecule has 2 heterocycles. The second-order valence-electron chi connectivity index (χ2n) is 7.55. The molecular formula is C22H28FN6O2+. The second kappa shape index (κ2) is 9.84. The summed E-state index contributed by atoms with van der Waals surface area (Å²) < 4.78 is 27.0. The van der Waals surface area contributed by atoms with Crippen LogP contribution >= 0.6 is 0 Å². The van der Waals surface area contributed by atoms with E-state index < -0.39 is 0 Å². The summed E-state index contributed by atoms with van der Waals surface area (Å²) in [6.07, 6.45) is 0. The lowest BCUT2D eigenvalue weighted by atomic mass is 10.0. The van der Waals surface area contributed by atoms with Gasteiger partial charge in [0.1, 0.15) is 11.6 Å². The lowest BCUT2D eigenvalue weighted by Crippen LogP contribution is -3.15. The van der Waals surface area contributed by atoms with Crippen molar-refractivity contribution in [1.29, 1.82) is 0 Å². The number of halogens is 1. The predicted octanol–water partition coefficient (Wildman–Crippen LogP) is 0.962. The van der Waals surface area contributed by atoms with E-state index in [1.54, 1.807) is 25.0 Å². The highest BCUT2D eigenvalue weighted by Gasteiger charge is 2.35. The van der Waals surface area contributed by atoms with Gasteiger partial charge in [-0.3, -0.25) is 0 Å². The highest BCUT2D eigenvalue weighted by Crippen LogP contribution is 2.22. The van der Waals surface area contributed by atoms with Crippen LogP contribution in [0.25, 0.3) is 0 Å². The lowest BCUT2D eigenvalue weighted by molar-refractivity contribution is -0.927. The summed E-state index contributed by atoms with van der Waals surface area (Å²) >= 11 is 0. The Labute approximate surface area is 181 Å². The van der Waals surface area contributed by atoms with Crippen molar-refractivity contribution >= 4 is 5.69 Å². The molecule has 1 aliphatic heterocycles. The number of tetrazole rings is 1. The second-order valence-corrected chi connectivity index (χ2v) is 7.55. The summed E-state index contributed by atoms with van der Waals surface area (Å²) in [6, 6.07) is 14.7. The summed E-state index contributed by atoms with van der Waals surface area (Å²) in [6.45, 7) is 4.39. The maximum Gasteiger partial charge on any atom is 0.214 e. The van der Waals surface area contributed by atoms with Crippen LogP contribution < -0.4 is 14.5 Å². The Morgan fingerprint density at radius 2 is 1.81 bits per heavy atom. The number of aromatic nitrogens is 4. The average Bonchev–Trinajstić information content (AvgIpc) is 3.28. The van der Waals surface area contributed by atoms with E-state index in [1.807, 2.05) is 24.3 Å². The molecule has 3 aromatic rings. The highest BCUT2D eigenvalue weighted by molar-refractivity contribution is 5.49. The van der Waals surface area contributed by atoms with Crippen LogP contribution in [0.3, 0.4) is 0 Å². The summed E-state index contributed by atoms with van der Waals surface area (Å²) in [7, 11) is 3.31. The van der Waals surface area contributed by atoms with E-state index in [0.717, 1.165) is 37.6 Å². The zero-order valence-corrected chi connectivity index (χ0v) is 17.9. The minimum atomic E-state index is -0.286. The zero-order chi connectivity index (χ0) is 21.6. The third kappa shape index (κ3) is 4.67. The highest BCUT2D eigenvalue weighted by atomic mass is 19.1. The number of hydrogen-bond donors (Lipinski definition) is 1. The Bertz CT molecular complexity index is 972. The number of anilines is 1. The van der Waals surface area contributed by atoms with E-state index in [1.165, 1.54) is 11.0 Å². The molecular weight excluding hydrogens is 399 g/mol. The lowest BCUT2D eigenvalue weighted by Gasteiger charge is -2.37. The van der Waals surface area contributed by atoms with E-state index in [0.29, 0.717) is 24.5 Å². The van der Waals surface area contributed by atoms with Crippen molar-refractivity contribution in [1.82, 2.24) is 20.2 Å². The normalized spacial score (nSPS) is 15.8. The first-order valence-corrected chi connectivity index (χ1v) is 10.4. The molecule has 31 heavy (non-hydrogen) atoms. The third-order valence-corrected chi connectivity index (χ3v) is 5.79. The molecule has 0 radical (unpaired) electrons. The molecule has 9 heteroatoms. The van der Waals surface area contributed by atoms with Gasteiger partial charge < -0.3 is 19.3 Å². The molecule has 0 unspecified atom stereocenters. The molecule has 8 nitrogen and oxygen atoms in total. The number of methoxy groups -OCH3 is 2. The van der Waals surface area contributed by atoms with Crippen molar-refractivity contribution in [2.24, 2.45) is 0 Å². The van der Waals surface area contributed by atoms with Crippen LogP contribution in [0, 0.1) is 5.82 Å². The van der Waals surface area contributed by atoms with Crippen LogP contribution in [-0.2, 0) is 11.3 Å². The summed E-state index contributed by atoms with van der Waals surface area (Å²) in [4.78, 5) is 3.58. The van der Waals surface area contributed by atoms with E-state index in [2.05, 4.69) is 32.6 Å². The van der Waals surface area contributed by atoms with Gasteiger partial charge in [0, 0.05) is 12.8 Å². The Kier molecular flexibility index (Phi) is 6.73. The summed E-state index contributed by atoms with van der Waals surface area (Å²) in [5.74, 6) is 1.27. The number of quaternary nitrogens is 1. The monoisotopic (exact) mass is 427 g/mol. The van der Waals surface area contributed by atoms with Crippen molar-refractivity contribution in [3.63, 3.8) is 0 Å². The van der Waals surface area contributed by atoms with Gasteiger partial charge in [-0.15, -0.1) is 5.10 Å². The molecule has 0 amide bonds. The molecule has 0 spiro atoms. The van der Waals surface area contributed by atoms with Crippen LogP contribution in [0.5, 0.6) is 5.75 Å². The number of nitrogens with one attached hydrogen (secondary N) is 1. The molecule has 0 bridgehead atoms. The summed E-state index contributed by atoms with van der Waals surface area (Å²) in [5.41, 5.74) is 1.77. The van der Waals surface area contributed by atoms with E-state index in [4.69, 9.17) is 9.47 Å². The molecule has 164 valence electrons. The predicted molar refractivity (Wildman–Crippen MR) is 114 cm³/mol. The van der Waals surface area contributed by atoms with Crippen LogP contribution in [0.2, 0.25) is 0 Å². The number of piperazine rings is 1. The number of nitrogens with zero attached hydrogens (tertiary/aromatic N) is 5. The molecule has 1 aliphatic rings. The third-order valence-electron chi connectivity index (χ3n) is 5.79. The van der Waals surface area contributed by atoms with Crippen LogP contribution in [0.15, 0.2) is 48.5 Å². The fourth-order valence-electron chi connectivity index (χ4n) is 4.14. The number of benzene rings is 2. The SMILES string of the molecule is COCCn1nnnc1[C@H](c1ccccc1F)[NH+]1CCN(c2ccc(OC)cc2)CC1. The van der Waals surface area contributed by atoms with Gasteiger partial charge >= 0.3 is 0 Å². The topological polar surface area (TPSA) is 69.7 Å². The maximum absolute atomic E-state index is 14.8. The van der Waals surface area contributed by atoms with E-state index in [9.17, 15) is 4.39 Å². The van der Waals surface area contributed by atoms with Crippen LogP contribution in [-0.4, -0.2) is 67.2 Å². The minimum absolute atomic E-state index is 0.237. The van der Waals surface area contributed by atoms with Crippen LogP contribution in [0.4, 0.5) is 10.1 Å². The van der Waals surface area contributed by atoms with Crippen LogP contribution in [0.1, 0.15) is 17.4 Å². The fourth-order valence-corrected chi connectivity index (χ4v) is 4.14. The quantitative estimate of drug-likeness (QED) is 0.578. The number of rotatable bonds is 8. The number of ether oxygens (including phenoxy) is 2. The van der Waals surface area contributed by atoms with Gasteiger partial charge in [0.15, 0.2) is 6.04 Å². The smallest absolute Gasteiger partial charge is 0.214 e. The Hall–Kier alpha value is -3.04. The van der Waals surface area contributed by atoms with Crippen molar-refractivity contribution in [3.8, 4) is 5.75 Å². The minimum Gasteiger partial charge on any atom is -0.497 e. The van der Waals surface area contributed by atoms with Crippen molar-refractivity contribution in [2.75, 3.05) is 51.9 Å². The van der Waals surface area contributed by atoms with Gasteiger partial charge in [-0.05, 0) is 46.8 Å². The maximum atomic E-state index is 14.8. The molecule has 0 saturated carbocycles. The van der Waals surface area contributed by atoms with Crippen molar-refractivity contribution in [2.45, 2.75) is 12.6 Å². The van der Waals surface area contributed by atoms with Crippen molar-refractivity contribution in [3.05, 3.63) is 65.7 Å². The standard InChI is InChI=1S/C22H27FN6O2/c1-30-16-15-29-22(24-25-26-29)21(19-5-3-4-6-20(19)23)28-13-11-27(12-14-28)17-7-9-18(31-2)10-8-17/h3-10,21H,11-16H2,1-2H3/p+1/t21-/m0/s1. The molecule has 1 atom stereocenters.